The number of aromatic nitrogens is 6. The number of nitrogens with zero attached hydrogens (tertiary/aromatic N) is 7. The second kappa shape index (κ2) is 9.03. The zero-order chi connectivity index (χ0) is 23.8. The Hall–Kier alpha value is -3.10. The molecule has 1 aliphatic rings. The lowest BCUT2D eigenvalue weighted by Gasteiger charge is -2.36. The Bertz CT molecular complexity index is 1100. The second-order valence-electron chi connectivity index (χ2n) is 9.61. The van der Waals surface area contributed by atoms with Gasteiger partial charge >= 0.3 is 0 Å². The third-order valence-corrected chi connectivity index (χ3v) is 7.18. The zero-order valence-corrected chi connectivity index (χ0v) is 19.9. The molecule has 4 atom stereocenters. The molecule has 1 saturated carbocycles. The van der Waals surface area contributed by atoms with E-state index in [4.69, 9.17) is 0 Å². The van der Waals surface area contributed by atoms with E-state index in [1.54, 1.807) is 31.2 Å². The highest BCUT2D eigenvalue weighted by molar-refractivity contribution is 5.68. The quantitative estimate of drug-likeness (QED) is 0.568. The van der Waals surface area contributed by atoms with Gasteiger partial charge in [0.1, 0.15) is 11.9 Å². The van der Waals surface area contributed by atoms with Gasteiger partial charge in [0, 0.05) is 18.7 Å². The number of aromatic hydroxyl groups is 1. The number of phenols is 1. The molecule has 1 aromatic carbocycles. The van der Waals surface area contributed by atoms with E-state index in [2.05, 4.69) is 39.5 Å². The largest absolute Gasteiger partial charge is 0.507 e. The summed E-state index contributed by atoms with van der Waals surface area (Å²) in [5, 5.41) is 31.2. The number of rotatable bonds is 5. The first kappa shape index (κ1) is 23.1. The normalized spacial score (nSPS) is 25.6. The number of phenolic OH excluding ortho intramolecular Hbond substituents is 1. The predicted molar refractivity (Wildman–Crippen MR) is 125 cm³/mol. The predicted octanol–water partition coefficient (Wildman–Crippen LogP) is 4.51. The fraction of sp³-hybridized carbons (Fsp3) is 0.542. The molecule has 2 aromatic heterocycles. The van der Waals surface area contributed by atoms with Crippen molar-refractivity contribution < 1.29 is 9.50 Å². The lowest BCUT2D eigenvalue weighted by atomic mass is 9.78. The van der Waals surface area contributed by atoms with Crippen molar-refractivity contribution in [1.82, 2.24) is 30.4 Å². The first-order valence-electron chi connectivity index (χ1n) is 11.5. The van der Waals surface area contributed by atoms with Gasteiger partial charge in [0.2, 0.25) is 0 Å². The summed E-state index contributed by atoms with van der Waals surface area (Å²) in [7, 11) is 1.90. The number of aryl methyl sites for hydroxylation is 1. The molecule has 33 heavy (non-hydrogen) atoms. The minimum atomic E-state index is -0.921. The molecule has 0 saturated heterocycles. The number of halogens is 1. The summed E-state index contributed by atoms with van der Waals surface area (Å²) >= 11 is 0. The van der Waals surface area contributed by atoms with Gasteiger partial charge in [-0.3, -0.25) is 0 Å². The van der Waals surface area contributed by atoms with Crippen LogP contribution in [-0.2, 0) is 0 Å². The van der Waals surface area contributed by atoms with Crippen molar-refractivity contribution in [2.24, 2.45) is 11.3 Å². The fourth-order valence-corrected chi connectivity index (χ4v) is 4.59. The Morgan fingerprint density at radius 3 is 2.61 bits per heavy atom. The van der Waals surface area contributed by atoms with Gasteiger partial charge in [-0.15, -0.1) is 25.2 Å². The van der Waals surface area contributed by atoms with E-state index in [1.165, 1.54) is 4.80 Å². The van der Waals surface area contributed by atoms with Crippen LogP contribution in [0.5, 0.6) is 5.75 Å². The fourth-order valence-electron chi connectivity index (χ4n) is 4.59. The Balaban J connectivity index is 1.56. The highest BCUT2D eigenvalue weighted by Crippen LogP contribution is 2.42. The van der Waals surface area contributed by atoms with E-state index in [1.807, 2.05) is 24.9 Å². The monoisotopic (exact) mass is 453 g/mol. The van der Waals surface area contributed by atoms with Crippen molar-refractivity contribution in [2.45, 2.75) is 65.6 Å². The van der Waals surface area contributed by atoms with Crippen LogP contribution >= 0.6 is 0 Å². The molecule has 0 radical (unpaired) electrons. The van der Waals surface area contributed by atoms with E-state index >= 15 is 4.39 Å². The summed E-state index contributed by atoms with van der Waals surface area (Å²) in [6.07, 6.45) is 2.83. The first-order chi connectivity index (χ1) is 15.7. The van der Waals surface area contributed by atoms with E-state index in [-0.39, 0.29) is 23.1 Å². The zero-order valence-electron chi connectivity index (χ0n) is 19.9. The van der Waals surface area contributed by atoms with Crippen molar-refractivity contribution in [3.8, 4) is 22.7 Å². The average molecular weight is 454 g/mol. The van der Waals surface area contributed by atoms with Crippen LogP contribution in [0.4, 0.5) is 10.2 Å². The maximum atomic E-state index is 15.4. The number of benzene rings is 1. The minimum Gasteiger partial charge on any atom is -0.507 e. The maximum absolute atomic E-state index is 15.4. The second-order valence-corrected chi connectivity index (χ2v) is 9.61. The van der Waals surface area contributed by atoms with Crippen molar-refractivity contribution in [3.05, 3.63) is 36.2 Å². The van der Waals surface area contributed by atoms with Gasteiger partial charge in [0.05, 0.1) is 17.4 Å². The van der Waals surface area contributed by atoms with Gasteiger partial charge in [-0.05, 0) is 67.0 Å². The Morgan fingerprint density at radius 1 is 1.21 bits per heavy atom. The van der Waals surface area contributed by atoms with Gasteiger partial charge < -0.3 is 10.0 Å². The highest BCUT2D eigenvalue weighted by Gasteiger charge is 2.40. The molecular weight excluding hydrogens is 421 g/mol. The van der Waals surface area contributed by atoms with Crippen LogP contribution in [0.25, 0.3) is 16.9 Å². The maximum Gasteiger partial charge on any atom is 0.172 e. The van der Waals surface area contributed by atoms with Crippen LogP contribution in [0.15, 0.2) is 30.3 Å². The molecule has 1 fully saturated rings. The van der Waals surface area contributed by atoms with Crippen LogP contribution in [0.1, 0.15) is 52.3 Å². The van der Waals surface area contributed by atoms with E-state index in [0.29, 0.717) is 28.6 Å². The van der Waals surface area contributed by atoms with Crippen LogP contribution in [0.2, 0.25) is 0 Å². The molecular formula is C24H32FN7O. The molecule has 1 aliphatic carbocycles. The third-order valence-electron chi connectivity index (χ3n) is 7.18. The summed E-state index contributed by atoms with van der Waals surface area (Å²) < 4.78 is 15.4. The molecule has 3 aromatic rings. The SMILES string of the molecule is CC[C@]1(C)CC[C@H](C)[C@@H](F)[C@H](N(C)c2ccc(-c3ccc(-n4nnc(C)n4)cc3O)nn2)C1. The Morgan fingerprint density at radius 2 is 2.00 bits per heavy atom. The number of alkyl halides is 1. The molecule has 0 amide bonds. The van der Waals surface area contributed by atoms with E-state index < -0.39 is 6.17 Å². The average Bonchev–Trinajstić information content (AvgIpc) is 3.22. The van der Waals surface area contributed by atoms with Gasteiger partial charge in [-0.2, -0.15) is 0 Å². The summed E-state index contributed by atoms with van der Waals surface area (Å²) in [5.74, 6) is 1.22. The standard InChI is InChI=1S/C24H32FN7O/c1-6-24(4)12-11-15(2)23(25)20(14-24)31(5)22-10-9-19(27-28-22)18-8-7-17(13-21(18)33)32-29-16(3)26-30-32/h7-10,13,15,20,23,33H,6,11-12,14H2,1-5H3/t15-,20+,23+,24+/m0/s1. The van der Waals surface area contributed by atoms with Gasteiger partial charge in [0.15, 0.2) is 11.6 Å². The molecule has 9 heteroatoms. The molecule has 8 nitrogen and oxygen atoms in total. The van der Waals surface area contributed by atoms with Crippen LogP contribution < -0.4 is 4.90 Å². The summed E-state index contributed by atoms with van der Waals surface area (Å²) in [5.41, 5.74) is 1.79. The highest BCUT2D eigenvalue weighted by atomic mass is 19.1. The van der Waals surface area contributed by atoms with Crippen LogP contribution in [0, 0.1) is 18.3 Å². The van der Waals surface area contributed by atoms with Crippen LogP contribution in [0.3, 0.4) is 0 Å². The van der Waals surface area contributed by atoms with Gasteiger partial charge in [0.25, 0.3) is 0 Å². The van der Waals surface area contributed by atoms with E-state index in [0.717, 1.165) is 25.7 Å². The molecule has 0 spiro atoms. The van der Waals surface area contributed by atoms with Crippen molar-refractivity contribution in [1.29, 1.82) is 0 Å². The molecule has 1 N–H and O–H groups in total. The molecule has 0 bridgehead atoms. The summed E-state index contributed by atoms with van der Waals surface area (Å²) in [4.78, 5) is 3.28. The van der Waals surface area contributed by atoms with Crippen molar-refractivity contribution >= 4 is 5.82 Å². The minimum absolute atomic E-state index is 0.0109. The summed E-state index contributed by atoms with van der Waals surface area (Å²) in [6.45, 7) is 8.20. The molecule has 4 rings (SSSR count). The molecule has 2 heterocycles. The lowest BCUT2D eigenvalue weighted by Crippen LogP contribution is -2.43. The molecule has 176 valence electrons. The van der Waals surface area contributed by atoms with Crippen molar-refractivity contribution in [3.63, 3.8) is 0 Å². The topological polar surface area (TPSA) is 92.9 Å². The van der Waals surface area contributed by atoms with Gasteiger partial charge in [-0.25, -0.2) is 4.39 Å². The smallest absolute Gasteiger partial charge is 0.172 e. The number of hydrogen-bond acceptors (Lipinski definition) is 7. The third kappa shape index (κ3) is 4.67. The lowest BCUT2D eigenvalue weighted by molar-refractivity contribution is 0.188. The number of hydrogen-bond donors (Lipinski definition) is 1. The molecule has 0 aliphatic heterocycles. The summed E-state index contributed by atoms with van der Waals surface area (Å²) in [6, 6.07) is 8.48. The number of tetrazole rings is 1. The Kier molecular flexibility index (Phi) is 6.32. The number of anilines is 1. The van der Waals surface area contributed by atoms with Gasteiger partial charge in [-0.1, -0.05) is 27.2 Å². The van der Waals surface area contributed by atoms with E-state index in [9.17, 15) is 5.11 Å². The molecule has 0 unspecified atom stereocenters. The van der Waals surface area contributed by atoms with Crippen LogP contribution in [-0.4, -0.2) is 54.8 Å². The first-order valence-corrected chi connectivity index (χ1v) is 11.5. The van der Waals surface area contributed by atoms with Crippen molar-refractivity contribution in [2.75, 3.05) is 11.9 Å². The Labute approximate surface area is 193 Å².